The summed E-state index contributed by atoms with van der Waals surface area (Å²) in [4.78, 5) is 51.3. The van der Waals surface area contributed by atoms with Crippen LogP contribution in [-0.4, -0.2) is 77.1 Å². The summed E-state index contributed by atoms with van der Waals surface area (Å²) < 4.78 is 31.7. The first-order valence-electron chi connectivity index (χ1n) is 14.3. The minimum absolute atomic E-state index is 0.0670. The van der Waals surface area contributed by atoms with Crippen molar-refractivity contribution in [3.05, 3.63) is 83.4 Å². The lowest BCUT2D eigenvalue weighted by molar-refractivity contribution is -0.192. The number of aliphatic imine (C=N–C) groups is 1. The maximum atomic E-state index is 13.6. The molecular weight excluding hydrogens is 637 g/mol. The number of primary amides is 1. The minimum atomic E-state index is -5.08. The highest BCUT2D eigenvalue weighted by atomic mass is 19.4. The summed E-state index contributed by atoms with van der Waals surface area (Å²) in [5.74, 6) is -5.66. The van der Waals surface area contributed by atoms with Gasteiger partial charge < -0.3 is 43.8 Å². The highest BCUT2D eigenvalue weighted by molar-refractivity contribution is 5.95. The van der Waals surface area contributed by atoms with E-state index in [4.69, 9.17) is 38.2 Å². The summed E-state index contributed by atoms with van der Waals surface area (Å²) in [7, 11) is 0. The van der Waals surface area contributed by atoms with E-state index in [0.717, 1.165) is 16.3 Å². The van der Waals surface area contributed by atoms with Gasteiger partial charge in [0.15, 0.2) is 5.96 Å². The highest BCUT2D eigenvalue weighted by Crippen LogP contribution is 2.26. The van der Waals surface area contributed by atoms with Crippen molar-refractivity contribution >= 4 is 46.3 Å². The first-order valence-corrected chi connectivity index (χ1v) is 14.3. The third-order valence-corrected chi connectivity index (χ3v) is 6.86. The number of alkyl halides is 3. The van der Waals surface area contributed by atoms with Gasteiger partial charge in [-0.15, -0.1) is 0 Å². The Kier molecular flexibility index (Phi) is 14.3. The quantitative estimate of drug-likeness (QED) is 0.0656. The zero-order valence-electron chi connectivity index (χ0n) is 25.5. The normalized spacial score (nSPS) is 12.8. The van der Waals surface area contributed by atoms with Crippen molar-refractivity contribution in [1.29, 1.82) is 5.41 Å². The Morgan fingerprint density at radius 3 is 1.96 bits per heavy atom. The second kappa shape index (κ2) is 17.8. The number of nitrogens with zero attached hydrogens (tertiary/aromatic N) is 1. The lowest BCUT2D eigenvalue weighted by atomic mass is 9.89. The summed E-state index contributed by atoms with van der Waals surface area (Å²) >= 11 is 0. The van der Waals surface area contributed by atoms with E-state index < -0.39 is 54.5 Å². The number of benzene rings is 3. The largest absolute Gasteiger partial charge is 0.490 e. The minimum Gasteiger partial charge on any atom is -0.475 e. The van der Waals surface area contributed by atoms with E-state index in [1.54, 1.807) is 24.3 Å². The van der Waals surface area contributed by atoms with Crippen LogP contribution in [0, 0.1) is 5.41 Å². The number of aliphatic hydroxyl groups is 1. The predicted molar refractivity (Wildman–Crippen MR) is 172 cm³/mol. The summed E-state index contributed by atoms with van der Waals surface area (Å²) in [6, 6.07) is 18.0. The molecule has 0 fully saturated rings. The van der Waals surface area contributed by atoms with Gasteiger partial charge in [-0.2, -0.15) is 13.2 Å². The molecular formula is C31H37F3N8O6. The molecule has 0 saturated heterocycles. The van der Waals surface area contributed by atoms with Crippen LogP contribution >= 0.6 is 0 Å². The number of guanidine groups is 1. The van der Waals surface area contributed by atoms with Gasteiger partial charge in [-0.05, 0) is 41.2 Å². The smallest absolute Gasteiger partial charge is 0.475 e. The van der Waals surface area contributed by atoms with Gasteiger partial charge in [0.2, 0.25) is 17.7 Å². The number of carbonyl (C=O) groups excluding carboxylic acids is 3. The average Bonchev–Trinajstić information content (AvgIpc) is 3.03. The maximum Gasteiger partial charge on any atom is 0.490 e. The standard InChI is InChI=1S/C29H36N8O4.C2HF3O2/c30-25(31)19-9-7-17(8-10-19)14-22(21-12-11-18-4-1-2-5-20(18)15-21)27(40)37-24(16-38)28(41)36-23(26(32)39)6-3-13-35-29(33)34;3-2(4,5)1(6)7/h1-2,4-5,7-12,15,22-24,38H,3,6,13-14,16H2,(H3,30,31)(H2,32,39)(H,36,41)(H,37,40)(H4,33,34,35);(H,6,7)/t22-,23?,24-;/m0./s1. The second-order valence-electron chi connectivity index (χ2n) is 10.4. The number of aliphatic carboxylic acids is 1. The van der Waals surface area contributed by atoms with E-state index in [2.05, 4.69) is 15.6 Å². The Labute approximate surface area is 272 Å². The lowest BCUT2D eigenvalue weighted by Crippen LogP contribution is -2.55. The van der Waals surface area contributed by atoms with Crippen LogP contribution in [0.4, 0.5) is 13.2 Å². The molecule has 0 saturated carbocycles. The third kappa shape index (κ3) is 12.2. The highest BCUT2D eigenvalue weighted by Gasteiger charge is 2.38. The molecule has 3 aromatic carbocycles. The van der Waals surface area contributed by atoms with Crippen molar-refractivity contribution in [2.45, 2.75) is 43.4 Å². The Morgan fingerprint density at radius 2 is 1.44 bits per heavy atom. The van der Waals surface area contributed by atoms with E-state index in [9.17, 15) is 32.7 Å². The number of hydrogen-bond acceptors (Lipinski definition) is 7. The topological polar surface area (TPSA) is 273 Å². The number of carboxylic acid groups (broad SMARTS) is 1. The Hall–Kier alpha value is -5.71. The van der Waals surface area contributed by atoms with E-state index in [0.29, 0.717) is 17.5 Å². The molecule has 3 amide bonds. The van der Waals surface area contributed by atoms with Gasteiger partial charge in [0.1, 0.15) is 17.9 Å². The van der Waals surface area contributed by atoms with Crippen LogP contribution in [0.1, 0.15) is 35.4 Å². The van der Waals surface area contributed by atoms with Crippen molar-refractivity contribution in [1.82, 2.24) is 10.6 Å². The first-order chi connectivity index (χ1) is 22.5. The molecule has 0 aliphatic heterocycles. The van der Waals surface area contributed by atoms with Gasteiger partial charge in [-0.1, -0.05) is 66.7 Å². The molecule has 13 N–H and O–H groups in total. The lowest BCUT2D eigenvalue weighted by Gasteiger charge is -2.24. The van der Waals surface area contributed by atoms with Gasteiger partial charge in [0.05, 0.1) is 12.5 Å². The van der Waals surface area contributed by atoms with Crippen molar-refractivity contribution in [3.63, 3.8) is 0 Å². The first kappa shape index (κ1) is 38.5. The molecule has 1 unspecified atom stereocenters. The maximum absolute atomic E-state index is 13.6. The molecule has 17 heteroatoms. The number of rotatable bonds is 14. The molecule has 0 aromatic heterocycles. The monoisotopic (exact) mass is 674 g/mol. The predicted octanol–water partition coefficient (Wildman–Crippen LogP) is 0.584. The van der Waals surface area contributed by atoms with Crippen LogP contribution in [0.2, 0.25) is 0 Å². The molecule has 3 aromatic rings. The number of carboxylic acids is 1. The third-order valence-electron chi connectivity index (χ3n) is 6.86. The number of nitrogen functional groups attached to an aromatic ring is 1. The van der Waals surface area contributed by atoms with Crippen molar-refractivity contribution in [2.75, 3.05) is 13.2 Å². The fourth-order valence-corrected chi connectivity index (χ4v) is 4.37. The van der Waals surface area contributed by atoms with E-state index >= 15 is 0 Å². The van der Waals surface area contributed by atoms with Crippen LogP contribution in [0.3, 0.4) is 0 Å². The van der Waals surface area contributed by atoms with E-state index in [1.165, 1.54) is 0 Å². The second-order valence-corrected chi connectivity index (χ2v) is 10.4. The Balaban J connectivity index is 0.00000103. The SMILES string of the molecule is N=C(N)c1ccc(C[C@H](C(=O)N[C@@H](CO)C(=O)NC(CCCN=C(N)N)C(N)=O)c2ccc3ccccc3c2)cc1.O=C(O)C(F)(F)F. The number of aliphatic hydroxyl groups excluding tert-OH is 1. The molecule has 0 radical (unpaired) electrons. The van der Waals surface area contributed by atoms with E-state index in [1.807, 2.05) is 42.5 Å². The van der Waals surface area contributed by atoms with Crippen molar-refractivity contribution in [3.8, 4) is 0 Å². The van der Waals surface area contributed by atoms with Crippen LogP contribution in [-0.2, 0) is 25.6 Å². The molecule has 0 aliphatic rings. The fourth-order valence-electron chi connectivity index (χ4n) is 4.37. The molecule has 0 heterocycles. The van der Waals surface area contributed by atoms with Gasteiger partial charge in [-0.25, -0.2) is 4.79 Å². The molecule has 258 valence electrons. The Morgan fingerprint density at radius 1 is 0.854 bits per heavy atom. The summed E-state index contributed by atoms with van der Waals surface area (Å²) in [5, 5.41) is 31.8. The number of amides is 3. The number of amidine groups is 1. The molecule has 0 bridgehead atoms. The zero-order chi connectivity index (χ0) is 36.0. The van der Waals surface area contributed by atoms with Crippen molar-refractivity contribution in [2.24, 2.45) is 27.9 Å². The molecule has 3 rings (SSSR count). The molecule has 0 spiro atoms. The van der Waals surface area contributed by atoms with Crippen LogP contribution < -0.4 is 33.6 Å². The molecule has 48 heavy (non-hydrogen) atoms. The summed E-state index contributed by atoms with van der Waals surface area (Å²) in [5.41, 5.74) is 23.7. The Bertz CT molecular complexity index is 1630. The van der Waals surface area contributed by atoms with Crippen LogP contribution in [0.15, 0.2) is 71.7 Å². The van der Waals surface area contributed by atoms with Crippen LogP contribution in [0.25, 0.3) is 10.8 Å². The van der Waals surface area contributed by atoms with Crippen molar-refractivity contribution < 1.29 is 42.6 Å². The van der Waals surface area contributed by atoms with Crippen LogP contribution in [0.5, 0.6) is 0 Å². The number of hydrogen-bond donors (Lipinski definition) is 9. The van der Waals surface area contributed by atoms with Gasteiger partial charge in [-0.3, -0.25) is 24.8 Å². The van der Waals surface area contributed by atoms with Gasteiger partial charge in [0.25, 0.3) is 0 Å². The average molecular weight is 675 g/mol. The number of fused-ring (bicyclic) bond motifs is 1. The number of nitrogens with one attached hydrogen (secondary N) is 3. The molecule has 3 atom stereocenters. The van der Waals surface area contributed by atoms with Gasteiger partial charge in [0, 0.05) is 12.1 Å². The number of carbonyl (C=O) groups is 4. The molecule has 14 nitrogen and oxygen atoms in total. The summed E-state index contributed by atoms with van der Waals surface area (Å²) in [6.45, 7) is -0.461. The number of halogens is 3. The van der Waals surface area contributed by atoms with Gasteiger partial charge >= 0.3 is 12.1 Å². The summed E-state index contributed by atoms with van der Waals surface area (Å²) in [6.07, 6.45) is -4.27. The number of nitrogens with two attached hydrogens (primary N) is 4. The zero-order valence-corrected chi connectivity index (χ0v) is 25.5. The fraction of sp³-hybridized carbons (Fsp3) is 0.290. The molecule has 0 aliphatic carbocycles. The van der Waals surface area contributed by atoms with E-state index in [-0.39, 0.29) is 31.2 Å².